The van der Waals surface area contributed by atoms with Crippen LogP contribution in [0, 0.1) is 12.8 Å². The molecule has 6 nitrogen and oxygen atoms in total. The molecule has 2 aromatic rings. The number of piperidine rings is 1. The van der Waals surface area contributed by atoms with Gasteiger partial charge in [0.25, 0.3) is 10.0 Å². The Bertz CT molecular complexity index is 1130. The summed E-state index contributed by atoms with van der Waals surface area (Å²) in [5, 5.41) is 5.10. The molecule has 1 amide bonds. The van der Waals surface area contributed by atoms with Crippen molar-refractivity contribution >= 4 is 38.0 Å². The van der Waals surface area contributed by atoms with Gasteiger partial charge in [0.2, 0.25) is 5.91 Å². The minimum Gasteiger partial charge on any atom is -0.356 e. The second-order valence-corrected chi connectivity index (χ2v) is 10.9. The third-order valence-corrected chi connectivity index (χ3v) is 8.44. The van der Waals surface area contributed by atoms with Crippen molar-refractivity contribution in [3.05, 3.63) is 63.4 Å². The lowest BCUT2D eigenvalue weighted by atomic mass is 9.94. The maximum Gasteiger partial charge on any atom is 0.285 e. The molecule has 0 aliphatic carbocycles. The number of likely N-dealkylation sites (tertiary alicyclic amines) is 1. The highest BCUT2D eigenvalue weighted by Gasteiger charge is 2.36. The largest absolute Gasteiger partial charge is 0.356 e. The first kappa shape index (κ1) is 22.7. The fourth-order valence-electron chi connectivity index (χ4n) is 4.33. The van der Waals surface area contributed by atoms with Crippen molar-refractivity contribution in [3.63, 3.8) is 0 Å². The summed E-state index contributed by atoms with van der Waals surface area (Å²) < 4.78 is 30.0. The summed E-state index contributed by atoms with van der Waals surface area (Å²) in [6, 6.07) is 11.6. The average molecular weight is 472 g/mol. The summed E-state index contributed by atoms with van der Waals surface area (Å²) in [7, 11) is -3.73. The van der Waals surface area contributed by atoms with Crippen molar-refractivity contribution in [2.45, 2.75) is 39.5 Å². The summed E-state index contributed by atoms with van der Waals surface area (Å²) in [6.45, 7) is 5.84. The fraction of sp³-hybridized carbons (Fsp3) is 0.417. The van der Waals surface area contributed by atoms with E-state index < -0.39 is 10.0 Å². The number of thiophene rings is 1. The van der Waals surface area contributed by atoms with E-state index in [1.54, 1.807) is 11.3 Å². The first-order chi connectivity index (χ1) is 15.4. The van der Waals surface area contributed by atoms with Crippen LogP contribution in [-0.2, 0) is 21.2 Å². The van der Waals surface area contributed by atoms with Gasteiger partial charge < -0.3 is 10.2 Å². The zero-order chi connectivity index (χ0) is 22.7. The number of nitrogens with zero attached hydrogens (tertiary/aromatic N) is 2. The van der Waals surface area contributed by atoms with Crippen molar-refractivity contribution in [1.29, 1.82) is 0 Å². The second-order valence-electron chi connectivity index (χ2n) is 8.30. The van der Waals surface area contributed by atoms with E-state index in [4.69, 9.17) is 0 Å². The Balaban J connectivity index is 1.41. The minimum atomic E-state index is -3.73. The number of aryl methyl sites for hydroxylation is 1. The molecule has 0 radical (unpaired) electrons. The highest BCUT2D eigenvalue weighted by molar-refractivity contribution is 8.00. The number of nitrogens with one attached hydrogen (secondary N) is 1. The number of sulfonamides is 1. The molecule has 2 aliphatic heterocycles. The van der Waals surface area contributed by atoms with Crippen molar-refractivity contribution < 1.29 is 13.2 Å². The highest BCUT2D eigenvalue weighted by Crippen LogP contribution is 2.36. The van der Waals surface area contributed by atoms with Gasteiger partial charge >= 0.3 is 0 Å². The maximum absolute atomic E-state index is 12.9. The van der Waals surface area contributed by atoms with Gasteiger partial charge in [0.05, 0.1) is 0 Å². The predicted molar refractivity (Wildman–Crippen MR) is 130 cm³/mol. The van der Waals surface area contributed by atoms with E-state index in [1.807, 2.05) is 54.5 Å². The average Bonchev–Trinajstić information content (AvgIpc) is 3.39. The molecule has 2 aliphatic rings. The quantitative estimate of drug-likeness (QED) is 0.691. The van der Waals surface area contributed by atoms with Gasteiger partial charge in [-0.05, 0) is 49.6 Å². The summed E-state index contributed by atoms with van der Waals surface area (Å²) in [4.78, 5) is 16.2. The van der Waals surface area contributed by atoms with Crippen LogP contribution < -0.4 is 5.32 Å². The van der Waals surface area contributed by atoms with E-state index in [0.29, 0.717) is 55.2 Å². The molecule has 1 saturated heterocycles. The van der Waals surface area contributed by atoms with Crippen LogP contribution >= 0.6 is 11.3 Å². The zero-order valence-electron chi connectivity index (χ0n) is 18.5. The van der Waals surface area contributed by atoms with Crippen molar-refractivity contribution in [2.75, 3.05) is 19.6 Å². The van der Waals surface area contributed by atoms with E-state index in [0.717, 1.165) is 17.6 Å². The van der Waals surface area contributed by atoms with Crippen molar-refractivity contribution in [3.8, 4) is 0 Å². The van der Waals surface area contributed by atoms with Crippen LogP contribution in [-0.4, -0.2) is 44.7 Å². The Morgan fingerprint density at radius 3 is 2.53 bits per heavy atom. The van der Waals surface area contributed by atoms with Gasteiger partial charge in [0.1, 0.15) is 10.7 Å². The molecule has 170 valence electrons. The third kappa shape index (κ3) is 4.81. The van der Waals surface area contributed by atoms with E-state index in [1.165, 1.54) is 4.88 Å². The first-order valence-electron chi connectivity index (χ1n) is 11.1. The molecule has 0 unspecified atom stereocenters. The molecular weight excluding hydrogens is 442 g/mol. The second kappa shape index (κ2) is 9.58. The molecule has 0 atom stereocenters. The van der Waals surface area contributed by atoms with E-state index >= 15 is 0 Å². The lowest BCUT2D eigenvalue weighted by Gasteiger charge is -2.33. The van der Waals surface area contributed by atoms with Crippen LogP contribution in [0.25, 0.3) is 4.91 Å². The monoisotopic (exact) mass is 471 g/mol. The molecule has 1 aromatic carbocycles. The highest BCUT2D eigenvalue weighted by atomic mass is 32.2. The molecule has 1 fully saturated rings. The lowest BCUT2D eigenvalue weighted by molar-refractivity contribution is -0.126. The Kier molecular flexibility index (Phi) is 6.81. The van der Waals surface area contributed by atoms with Crippen LogP contribution in [0.5, 0.6) is 0 Å². The van der Waals surface area contributed by atoms with Gasteiger partial charge in [0.15, 0.2) is 0 Å². The molecule has 4 rings (SSSR count). The summed E-state index contributed by atoms with van der Waals surface area (Å²) in [5.41, 5.74) is 2.54. The van der Waals surface area contributed by atoms with Crippen LogP contribution in [0.1, 0.15) is 42.2 Å². The molecule has 8 heteroatoms. The number of hydrogen-bond donors (Lipinski definition) is 1. The summed E-state index contributed by atoms with van der Waals surface area (Å²) in [5.74, 6) is 0.604. The van der Waals surface area contributed by atoms with Gasteiger partial charge in [-0.2, -0.15) is 8.42 Å². The molecule has 0 spiro atoms. The van der Waals surface area contributed by atoms with Gasteiger partial charge in [-0.3, -0.25) is 4.79 Å². The smallest absolute Gasteiger partial charge is 0.285 e. The Morgan fingerprint density at radius 2 is 1.91 bits per heavy atom. The van der Waals surface area contributed by atoms with Crippen LogP contribution in [0.3, 0.4) is 0 Å². The van der Waals surface area contributed by atoms with Gasteiger partial charge in [-0.15, -0.1) is 15.7 Å². The molecule has 0 bridgehead atoms. The normalized spacial score (nSPS) is 18.7. The molecule has 32 heavy (non-hydrogen) atoms. The summed E-state index contributed by atoms with van der Waals surface area (Å²) in [6.07, 6.45) is 2.83. The lowest BCUT2D eigenvalue weighted by Crippen LogP contribution is -2.43. The number of carbonyl (C=O) groups is 1. The minimum absolute atomic E-state index is 0.0428. The molecule has 0 saturated carbocycles. The van der Waals surface area contributed by atoms with Gasteiger partial charge in [-0.1, -0.05) is 42.8 Å². The molecular formula is C24H29N3O3S2. The van der Waals surface area contributed by atoms with Crippen molar-refractivity contribution in [2.24, 2.45) is 10.3 Å². The van der Waals surface area contributed by atoms with Crippen LogP contribution in [0.4, 0.5) is 0 Å². The summed E-state index contributed by atoms with van der Waals surface area (Å²) >= 11 is 1.70. The maximum atomic E-state index is 12.9. The number of hydrogen-bond acceptors (Lipinski definition) is 5. The van der Waals surface area contributed by atoms with Gasteiger partial charge in [-0.25, -0.2) is 0 Å². The number of amidine groups is 1. The Morgan fingerprint density at radius 1 is 1.19 bits per heavy atom. The van der Waals surface area contributed by atoms with Crippen molar-refractivity contribution in [1.82, 2.24) is 10.2 Å². The predicted octanol–water partition coefficient (Wildman–Crippen LogP) is 3.99. The first-order valence-corrected chi connectivity index (χ1v) is 13.4. The van der Waals surface area contributed by atoms with E-state index in [2.05, 4.69) is 15.8 Å². The standard InChI is InChI=1S/C24H29N3O3S2/c1-3-21-22(18-8-6-17(2)7-9-18)32(29,30)26-23(21)27-14-11-19(12-15-27)24(28)25-13-10-20-5-4-16-31-20/h4-9,16,19H,3,10-15H2,1-2H3,(H,25,28). The molecule has 1 aromatic heterocycles. The van der Waals surface area contributed by atoms with E-state index in [-0.39, 0.29) is 11.8 Å². The number of carbonyl (C=O) groups excluding carboxylic acids is 1. The Hall–Kier alpha value is -2.45. The zero-order valence-corrected chi connectivity index (χ0v) is 20.1. The van der Waals surface area contributed by atoms with Crippen LogP contribution in [0.15, 0.2) is 51.7 Å². The molecule has 3 heterocycles. The van der Waals surface area contributed by atoms with Crippen LogP contribution in [0.2, 0.25) is 0 Å². The molecule has 1 N–H and O–H groups in total. The van der Waals surface area contributed by atoms with Gasteiger partial charge in [0, 0.05) is 36.0 Å². The third-order valence-electron chi connectivity index (χ3n) is 6.09. The Labute approximate surface area is 194 Å². The van der Waals surface area contributed by atoms with E-state index in [9.17, 15) is 13.2 Å². The number of amides is 1. The SMILES string of the molecule is CCC1=C(c2ccc(C)cc2)S(=O)(=O)N=C1N1CCC(C(=O)NCCc2cccs2)CC1. The fourth-order valence-corrected chi connectivity index (χ4v) is 6.56. The topological polar surface area (TPSA) is 78.8 Å². The number of rotatable bonds is 6. The number of benzene rings is 1.